The van der Waals surface area contributed by atoms with Crippen molar-refractivity contribution in [3.8, 4) is 0 Å². The Morgan fingerprint density at radius 2 is 2.05 bits per heavy atom. The zero-order valence-corrected chi connectivity index (χ0v) is 13.9. The van der Waals surface area contributed by atoms with Crippen LogP contribution < -0.4 is 10.6 Å². The van der Waals surface area contributed by atoms with Gasteiger partial charge in [-0.3, -0.25) is 4.99 Å². The van der Waals surface area contributed by atoms with E-state index in [1.807, 2.05) is 0 Å². The van der Waals surface area contributed by atoms with Crippen LogP contribution in [0.25, 0.3) is 0 Å². The third kappa shape index (κ3) is 4.99. The lowest BCUT2D eigenvalue weighted by atomic mass is 10.1. The quantitative estimate of drug-likeness (QED) is 0.791. The van der Waals surface area contributed by atoms with E-state index in [1.165, 1.54) is 5.56 Å². The van der Waals surface area contributed by atoms with E-state index in [0.717, 1.165) is 32.0 Å². The van der Waals surface area contributed by atoms with Gasteiger partial charge < -0.3 is 15.5 Å². The Balaban J connectivity index is 0.00000180. The predicted molar refractivity (Wildman–Crippen MR) is 91.2 cm³/mol. The highest BCUT2D eigenvalue weighted by Crippen LogP contribution is 2.16. The van der Waals surface area contributed by atoms with Gasteiger partial charge in [0.15, 0.2) is 5.96 Å². The Hall–Kier alpha value is -0.820. The standard InChI is InChI=1S/C14H22N4.HI/c1-18(2)13(12-7-4-3-5-8-12)11-17-14-15-9-6-10-16-14;/h3-5,7-8,13H,6,9-11H2,1-2H3,(H2,15,16,17);1H. The van der Waals surface area contributed by atoms with Gasteiger partial charge in [-0.2, -0.15) is 0 Å². The zero-order valence-electron chi connectivity index (χ0n) is 11.6. The van der Waals surface area contributed by atoms with Crippen LogP contribution in [-0.2, 0) is 0 Å². The molecular formula is C14H23IN4. The summed E-state index contributed by atoms with van der Waals surface area (Å²) in [5, 5.41) is 6.68. The highest BCUT2D eigenvalue weighted by molar-refractivity contribution is 14.0. The van der Waals surface area contributed by atoms with Crippen molar-refractivity contribution in [3.63, 3.8) is 0 Å². The molecule has 2 rings (SSSR count). The predicted octanol–water partition coefficient (Wildman–Crippen LogP) is 1.85. The summed E-state index contributed by atoms with van der Waals surface area (Å²) in [5.41, 5.74) is 1.33. The zero-order chi connectivity index (χ0) is 12.8. The van der Waals surface area contributed by atoms with Crippen LogP contribution in [-0.4, -0.2) is 44.6 Å². The number of hydrogen-bond donors (Lipinski definition) is 2. The molecule has 0 saturated heterocycles. The van der Waals surface area contributed by atoms with Crippen molar-refractivity contribution >= 4 is 29.9 Å². The second-order valence-electron chi connectivity index (χ2n) is 4.78. The Morgan fingerprint density at radius 3 is 2.63 bits per heavy atom. The largest absolute Gasteiger partial charge is 0.356 e. The summed E-state index contributed by atoms with van der Waals surface area (Å²) in [6, 6.07) is 10.9. The van der Waals surface area contributed by atoms with Crippen LogP contribution in [0.15, 0.2) is 35.3 Å². The fourth-order valence-corrected chi connectivity index (χ4v) is 2.12. The molecule has 0 amide bonds. The van der Waals surface area contributed by atoms with Gasteiger partial charge >= 0.3 is 0 Å². The number of hydrogen-bond acceptors (Lipinski definition) is 4. The Labute approximate surface area is 132 Å². The van der Waals surface area contributed by atoms with E-state index >= 15 is 0 Å². The molecular weight excluding hydrogens is 351 g/mol. The number of nitrogens with zero attached hydrogens (tertiary/aromatic N) is 2. The second kappa shape index (κ2) is 8.37. The summed E-state index contributed by atoms with van der Waals surface area (Å²) >= 11 is 0. The molecule has 106 valence electrons. The van der Waals surface area contributed by atoms with Crippen molar-refractivity contribution in [1.29, 1.82) is 0 Å². The van der Waals surface area contributed by atoms with Gasteiger partial charge in [-0.05, 0) is 26.1 Å². The summed E-state index contributed by atoms with van der Waals surface area (Å²) < 4.78 is 0. The Morgan fingerprint density at radius 1 is 1.32 bits per heavy atom. The molecule has 0 aromatic heterocycles. The lowest BCUT2D eigenvalue weighted by Gasteiger charge is -2.26. The van der Waals surface area contributed by atoms with Crippen molar-refractivity contribution in [2.75, 3.05) is 33.7 Å². The maximum Gasteiger partial charge on any atom is 0.191 e. The first-order chi connectivity index (χ1) is 8.77. The third-order valence-electron chi connectivity index (χ3n) is 3.17. The van der Waals surface area contributed by atoms with Crippen molar-refractivity contribution in [1.82, 2.24) is 15.5 Å². The molecule has 1 heterocycles. The maximum absolute atomic E-state index is 4.43. The maximum atomic E-state index is 4.43. The van der Waals surface area contributed by atoms with Crippen LogP contribution in [0.4, 0.5) is 0 Å². The summed E-state index contributed by atoms with van der Waals surface area (Å²) in [6.07, 6.45) is 1.13. The highest BCUT2D eigenvalue weighted by Gasteiger charge is 2.14. The number of benzene rings is 1. The van der Waals surface area contributed by atoms with Gasteiger partial charge in [0.25, 0.3) is 0 Å². The lowest BCUT2D eigenvalue weighted by Crippen LogP contribution is -2.44. The fraction of sp³-hybridized carbons (Fsp3) is 0.500. The van der Waals surface area contributed by atoms with Crippen molar-refractivity contribution in [3.05, 3.63) is 35.9 Å². The van der Waals surface area contributed by atoms with E-state index in [-0.39, 0.29) is 24.0 Å². The van der Waals surface area contributed by atoms with Crippen molar-refractivity contribution < 1.29 is 0 Å². The lowest BCUT2D eigenvalue weighted by molar-refractivity contribution is 0.298. The Kier molecular flexibility index (Phi) is 7.15. The molecule has 2 N–H and O–H groups in total. The van der Waals surface area contributed by atoms with Crippen LogP contribution in [0.2, 0.25) is 0 Å². The Bertz CT molecular complexity index is 392. The van der Waals surface area contributed by atoms with E-state index in [9.17, 15) is 0 Å². The first-order valence-electron chi connectivity index (χ1n) is 6.51. The van der Waals surface area contributed by atoms with E-state index in [4.69, 9.17) is 0 Å². The van der Waals surface area contributed by atoms with Crippen molar-refractivity contribution in [2.24, 2.45) is 4.99 Å². The molecule has 0 aliphatic carbocycles. The number of likely N-dealkylation sites (N-methyl/N-ethyl adjacent to an activating group) is 1. The number of guanidine groups is 1. The molecule has 4 nitrogen and oxygen atoms in total. The molecule has 0 radical (unpaired) electrons. The molecule has 1 aromatic carbocycles. The molecule has 1 aliphatic heterocycles. The van der Waals surface area contributed by atoms with Crippen LogP contribution in [0.5, 0.6) is 0 Å². The summed E-state index contributed by atoms with van der Waals surface area (Å²) in [4.78, 5) is 6.66. The molecule has 0 bridgehead atoms. The van der Waals surface area contributed by atoms with Crippen LogP contribution in [0.3, 0.4) is 0 Å². The number of aliphatic imine (C=N–C) groups is 1. The number of halogens is 1. The normalized spacial score (nSPS) is 16.1. The first kappa shape index (κ1) is 16.2. The topological polar surface area (TPSA) is 39.7 Å². The highest BCUT2D eigenvalue weighted by atomic mass is 127. The summed E-state index contributed by atoms with van der Waals surface area (Å²) in [7, 11) is 4.21. The fourth-order valence-electron chi connectivity index (χ4n) is 2.12. The SMILES string of the molecule is CN(C)C(CNC1=NCCCN1)c1ccccc1.I. The van der Waals surface area contributed by atoms with E-state index in [2.05, 4.69) is 65.0 Å². The van der Waals surface area contributed by atoms with E-state index in [0.29, 0.717) is 6.04 Å². The molecule has 1 aromatic rings. The molecule has 0 saturated carbocycles. The average Bonchev–Trinajstić information content (AvgIpc) is 2.41. The second-order valence-corrected chi connectivity index (χ2v) is 4.78. The van der Waals surface area contributed by atoms with Crippen LogP contribution in [0, 0.1) is 0 Å². The van der Waals surface area contributed by atoms with E-state index < -0.39 is 0 Å². The van der Waals surface area contributed by atoms with E-state index in [1.54, 1.807) is 0 Å². The van der Waals surface area contributed by atoms with Crippen LogP contribution in [0.1, 0.15) is 18.0 Å². The van der Waals surface area contributed by atoms with Crippen molar-refractivity contribution in [2.45, 2.75) is 12.5 Å². The molecule has 0 fully saturated rings. The summed E-state index contributed by atoms with van der Waals surface area (Å²) in [6.45, 7) is 2.81. The first-order valence-corrected chi connectivity index (χ1v) is 6.51. The molecule has 1 atom stereocenters. The van der Waals surface area contributed by atoms with Gasteiger partial charge in [0.05, 0.1) is 6.04 Å². The molecule has 1 aliphatic rings. The van der Waals surface area contributed by atoms with Gasteiger partial charge in [-0.1, -0.05) is 30.3 Å². The van der Waals surface area contributed by atoms with Gasteiger partial charge in [-0.15, -0.1) is 24.0 Å². The van der Waals surface area contributed by atoms with Gasteiger partial charge in [-0.25, -0.2) is 0 Å². The molecule has 19 heavy (non-hydrogen) atoms. The smallest absolute Gasteiger partial charge is 0.191 e. The van der Waals surface area contributed by atoms with Gasteiger partial charge in [0.1, 0.15) is 0 Å². The third-order valence-corrected chi connectivity index (χ3v) is 3.17. The number of nitrogens with one attached hydrogen (secondary N) is 2. The molecule has 5 heteroatoms. The molecule has 0 spiro atoms. The minimum Gasteiger partial charge on any atom is -0.356 e. The van der Waals surface area contributed by atoms with Gasteiger partial charge in [0, 0.05) is 19.6 Å². The van der Waals surface area contributed by atoms with Gasteiger partial charge in [0.2, 0.25) is 0 Å². The van der Waals surface area contributed by atoms with Crippen LogP contribution >= 0.6 is 24.0 Å². The summed E-state index contributed by atoms with van der Waals surface area (Å²) in [5.74, 6) is 0.934. The molecule has 1 unspecified atom stereocenters. The minimum absolute atomic E-state index is 0. The number of rotatable bonds is 4. The monoisotopic (exact) mass is 374 g/mol. The average molecular weight is 374 g/mol. The minimum atomic E-state index is 0.